The molecule has 1 saturated carbocycles. The van der Waals surface area contributed by atoms with Crippen LogP contribution >= 0.6 is 0 Å². The second-order valence-electron chi connectivity index (χ2n) is 8.80. The van der Waals surface area contributed by atoms with Crippen molar-refractivity contribution in [1.82, 2.24) is 0 Å². The molecule has 3 rings (SSSR count). The summed E-state index contributed by atoms with van der Waals surface area (Å²) in [5, 5.41) is 0. The standard InChI is InChI=1S/C27H36F2O/c1-2-3-4-5-6-7-8-21-9-11-22(12-10-21)23-13-15-24(16-14-23)25-17-19-26(20-18-25)30-27(28)29/h13-22,27H,2-12H2,1H3. The Morgan fingerprint density at radius 2 is 1.33 bits per heavy atom. The number of ether oxygens (including phenoxy) is 1. The van der Waals surface area contributed by atoms with Crippen LogP contribution in [0.3, 0.4) is 0 Å². The number of hydrogen-bond acceptors (Lipinski definition) is 1. The largest absolute Gasteiger partial charge is 0.435 e. The van der Waals surface area contributed by atoms with Crippen molar-refractivity contribution in [3.8, 4) is 16.9 Å². The van der Waals surface area contributed by atoms with Gasteiger partial charge in [-0.25, -0.2) is 0 Å². The highest BCUT2D eigenvalue weighted by Gasteiger charge is 2.22. The van der Waals surface area contributed by atoms with Gasteiger partial charge >= 0.3 is 6.61 Å². The van der Waals surface area contributed by atoms with Crippen molar-refractivity contribution in [3.05, 3.63) is 54.1 Å². The third kappa shape index (κ3) is 7.11. The van der Waals surface area contributed by atoms with Crippen LogP contribution in [0.4, 0.5) is 8.78 Å². The van der Waals surface area contributed by atoms with Gasteiger partial charge in [-0.2, -0.15) is 8.78 Å². The molecule has 0 saturated heterocycles. The highest BCUT2D eigenvalue weighted by Crippen LogP contribution is 2.38. The maximum atomic E-state index is 12.3. The summed E-state index contributed by atoms with van der Waals surface area (Å²) in [7, 11) is 0. The molecule has 1 aliphatic carbocycles. The summed E-state index contributed by atoms with van der Waals surface area (Å²) in [6.07, 6.45) is 15.1. The molecular formula is C27H36F2O. The van der Waals surface area contributed by atoms with E-state index in [-0.39, 0.29) is 5.75 Å². The molecule has 0 atom stereocenters. The van der Waals surface area contributed by atoms with E-state index in [0.717, 1.165) is 17.0 Å². The smallest absolute Gasteiger partial charge is 0.387 e. The fourth-order valence-corrected chi connectivity index (χ4v) is 4.77. The van der Waals surface area contributed by atoms with Gasteiger partial charge in [0, 0.05) is 0 Å². The van der Waals surface area contributed by atoms with Crippen molar-refractivity contribution in [1.29, 1.82) is 0 Å². The number of rotatable bonds is 11. The van der Waals surface area contributed by atoms with Crippen LogP contribution in [-0.2, 0) is 0 Å². The van der Waals surface area contributed by atoms with Gasteiger partial charge in [-0.3, -0.25) is 0 Å². The third-order valence-electron chi connectivity index (χ3n) is 6.61. The topological polar surface area (TPSA) is 9.23 Å². The Bertz CT molecular complexity index is 716. The van der Waals surface area contributed by atoms with E-state index in [1.807, 2.05) is 12.1 Å². The molecule has 0 amide bonds. The summed E-state index contributed by atoms with van der Waals surface area (Å²) in [5.74, 6) is 1.81. The first-order chi connectivity index (χ1) is 14.7. The summed E-state index contributed by atoms with van der Waals surface area (Å²) in [4.78, 5) is 0. The molecule has 0 N–H and O–H groups in total. The first kappa shape index (κ1) is 22.8. The lowest BCUT2D eigenvalue weighted by Crippen LogP contribution is -2.13. The van der Waals surface area contributed by atoms with Crippen LogP contribution in [0.5, 0.6) is 5.75 Å². The van der Waals surface area contributed by atoms with Crippen molar-refractivity contribution < 1.29 is 13.5 Å². The molecule has 1 nitrogen and oxygen atoms in total. The average Bonchev–Trinajstić information content (AvgIpc) is 2.77. The number of unbranched alkanes of at least 4 members (excludes halogenated alkanes) is 5. The van der Waals surface area contributed by atoms with E-state index in [4.69, 9.17) is 0 Å². The van der Waals surface area contributed by atoms with Gasteiger partial charge in [-0.05, 0) is 66.3 Å². The molecule has 0 bridgehead atoms. The van der Waals surface area contributed by atoms with Gasteiger partial charge in [0.05, 0.1) is 0 Å². The van der Waals surface area contributed by atoms with Crippen LogP contribution in [0, 0.1) is 5.92 Å². The molecule has 30 heavy (non-hydrogen) atoms. The maximum absolute atomic E-state index is 12.3. The molecule has 0 heterocycles. The predicted molar refractivity (Wildman–Crippen MR) is 121 cm³/mol. The normalized spacial score (nSPS) is 19.2. The summed E-state index contributed by atoms with van der Waals surface area (Å²) < 4.78 is 29.0. The molecule has 164 valence electrons. The fourth-order valence-electron chi connectivity index (χ4n) is 4.77. The van der Waals surface area contributed by atoms with Crippen molar-refractivity contribution >= 4 is 0 Å². The summed E-state index contributed by atoms with van der Waals surface area (Å²) in [6, 6.07) is 15.7. The van der Waals surface area contributed by atoms with E-state index in [0.29, 0.717) is 5.92 Å². The second kappa shape index (κ2) is 12.1. The van der Waals surface area contributed by atoms with Crippen LogP contribution in [0.1, 0.15) is 89.0 Å². The lowest BCUT2D eigenvalue weighted by Gasteiger charge is -2.29. The van der Waals surface area contributed by atoms with E-state index in [1.165, 1.54) is 76.2 Å². The fraction of sp³-hybridized carbons (Fsp3) is 0.556. The molecule has 1 aliphatic rings. The van der Waals surface area contributed by atoms with Crippen LogP contribution in [0.2, 0.25) is 0 Å². The Morgan fingerprint density at radius 1 is 0.767 bits per heavy atom. The molecule has 0 aliphatic heterocycles. The molecule has 0 spiro atoms. The van der Waals surface area contributed by atoms with Crippen LogP contribution in [0.15, 0.2) is 48.5 Å². The molecule has 2 aromatic rings. The quantitative estimate of drug-likeness (QED) is 0.333. The van der Waals surface area contributed by atoms with E-state index in [9.17, 15) is 8.78 Å². The van der Waals surface area contributed by atoms with Crippen molar-refractivity contribution in [2.75, 3.05) is 0 Å². The number of benzene rings is 2. The molecule has 0 aromatic heterocycles. The lowest BCUT2D eigenvalue weighted by atomic mass is 9.77. The van der Waals surface area contributed by atoms with Crippen LogP contribution in [0.25, 0.3) is 11.1 Å². The summed E-state index contributed by atoms with van der Waals surface area (Å²) in [5.41, 5.74) is 3.57. The van der Waals surface area contributed by atoms with Gasteiger partial charge in [-0.1, -0.05) is 88.3 Å². The van der Waals surface area contributed by atoms with Crippen LogP contribution in [-0.4, -0.2) is 6.61 Å². The molecule has 0 unspecified atom stereocenters. The Hall–Kier alpha value is -1.90. The minimum Gasteiger partial charge on any atom is -0.435 e. The minimum absolute atomic E-state index is 0.197. The lowest BCUT2D eigenvalue weighted by molar-refractivity contribution is -0.0498. The first-order valence-corrected chi connectivity index (χ1v) is 11.8. The van der Waals surface area contributed by atoms with E-state index >= 15 is 0 Å². The molecule has 0 radical (unpaired) electrons. The van der Waals surface area contributed by atoms with Crippen molar-refractivity contribution in [3.63, 3.8) is 0 Å². The minimum atomic E-state index is -2.78. The van der Waals surface area contributed by atoms with E-state index < -0.39 is 6.61 Å². The van der Waals surface area contributed by atoms with E-state index in [2.05, 4.69) is 35.9 Å². The Kier molecular flexibility index (Phi) is 9.17. The Labute approximate surface area is 180 Å². The zero-order valence-electron chi connectivity index (χ0n) is 18.3. The molecule has 2 aromatic carbocycles. The Balaban J connectivity index is 1.43. The van der Waals surface area contributed by atoms with Crippen LogP contribution < -0.4 is 4.74 Å². The predicted octanol–water partition coefficient (Wildman–Crippen LogP) is 8.98. The molecule has 1 fully saturated rings. The van der Waals surface area contributed by atoms with Gasteiger partial charge < -0.3 is 4.74 Å². The Morgan fingerprint density at radius 3 is 1.93 bits per heavy atom. The number of halogens is 2. The SMILES string of the molecule is CCCCCCCCC1CCC(c2ccc(-c3ccc(OC(F)F)cc3)cc2)CC1. The van der Waals surface area contributed by atoms with Gasteiger partial charge in [-0.15, -0.1) is 0 Å². The van der Waals surface area contributed by atoms with Gasteiger partial charge in [0.1, 0.15) is 5.75 Å². The average molecular weight is 415 g/mol. The molecule has 3 heteroatoms. The van der Waals surface area contributed by atoms with Gasteiger partial charge in [0.25, 0.3) is 0 Å². The van der Waals surface area contributed by atoms with Gasteiger partial charge in [0.2, 0.25) is 0 Å². The number of alkyl halides is 2. The maximum Gasteiger partial charge on any atom is 0.387 e. The monoisotopic (exact) mass is 414 g/mol. The van der Waals surface area contributed by atoms with Gasteiger partial charge in [0.15, 0.2) is 0 Å². The zero-order valence-corrected chi connectivity index (χ0v) is 18.3. The highest BCUT2D eigenvalue weighted by atomic mass is 19.3. The third-order valence-corrected chi connectivity index (χ3v) is 6.61. The van der Waals surface area contributed by atoms with E-state index in [1.54, 1.807) is 12.1 Å². The zero-order chi connectivity index (χ0) is 21.2. The van der Waals surface area contributed by atoms with Crippen molar-refractivity contribution in [2.45, 2.75) is 90.1 Å². The second-order valence-corrected chi connectivity index (χ2v) is 8.80. The van der Waals surface area contributed by atoms with Crippen molar-refractivity contribution in [2.24, 2.45) is 5.92 Å². The number of hydrogen-bond donors (Lipinski definition) is 0. The summed E-state index contributed by atoms with van der Waals surface area (Å²) >= 11 is 0. The summed E-state index contributed by atoms with van der Waals surface area (Å²) in [6.45, 7) is -0.506. The first-order valence-electron chi connectivity index (χ1n) is 11.8. The molecular weight excluding hydrogens is 378 g/mol. The highest BCUT2D eigenvalue weighted by molar-refractivity contribution is 5.64.